The molecule has 0 fully saturated rings. The van der Waals surface area contributed by atoms with E-state index in [1.807, 2.05) is 23.7 Å². The smallest absolute Gasteiger partial charge is 0.341 e. The van der Waals surface area contributed by atoms with Gasteiger partial charge in [0.25, 0.3) is 0 Å². The van der Waals surface area contributed by atoms with Crippen LogP contribution in [0.2, 0.25) is 0 Å². The lowest BCUT2D eigenvalue weighted by Gasteiger charge is -2.09. The van der Waals surface area contributed by atoms with Crippen LogP contribution in [-0.2, 0) is 17.7 Å². The van der Waals surface area contributed by atoms with Crippen molar-refractivity contribution in [3.63, 3.8) is 0 Å². The van der Waals surface area contributed by atoms with Gasteiger partial charge >= 0.3 is 5.97 Å². The molecule has 2 aromatic rings. The molecular formula is C17H21BrN2O2. The molecule has 1 aromatic carbocycles. The summed E-state index contributed by atoms with van der Waals surface area (Å²) in [6.45, 7) is 4.83. The number of halogens is 1. The van der Waals surface area contributed by atoms with Gasteiger partial charge in [-0.1, -0.05) is 41.4 Å². The Morgan fingerprint density at radius 1 is 1.32 bits per heavy atom. The van der Waals surface area contributed by atoms with E-state index >= 15 is 0 Å². The maximum atomic E-state index is 12.1. The molecule has 0 atom stereocenters. The van der Waals surface area contributed by atoms with E-state index in [-0.39, 0.29) is 5.97 Å². The van der Waals surface area contributed by atoms with Gasteiger partial charge in [0.05, 0.1) is 18.5 Å². The van der Waals surface area contributed by atoms with Crippen LogP contribution >= 0.6 is 15.9 Å². The van der Waals surface area contributed by atoms with E-state index in [1.165, 1.54) is 7.11 Å². The lowest BCUT2D eigenvalue weighted by molar-refractivity contribution is 0.0598. The molecule has 0 amide bonds. The second-order valence-electron chi connectivity index (χ2n) is 5.28. The SMILES string of the molecule is CCCCn1nc(C)c(C(=O)OC)c1Cc1ccc(Br)cc1. The minimum absolute atomic E-state index is 0.313. The molecule has 1 aromatic heterocycles. The lowest BCUT2D eigenvalue weighted by atomic mass is 10.1. The fourth-order valence-corrected chi connectivity index (χ4v) is 2.73. The Labute approximate surface area is 139 Å². The number of methoxy groups -OCH3 is 1. The van der Waals surface area contributed by atoms with Crippen LogP contribution in [-0.4, -0.2) is 22.9 Å². The summed E-state index contributed by atoms with van der Waals surface area (Å²) in [4.78, 5) is 12.1. The first-order valence-electron chi connectivity index (χ1n) is 7.45. The average molecular weight is 365 g/mol. The van der Waals surface area contributed by atoms with E-state index in [1.54, 1.807) is 0 Å². The van der Waals surface area contributed by atoms with Crippen molar-refractivity contribution in [1.29, 1.82) is 0 Å². The Bertz CT molecular complexity index is 647. The molecular weight excluding hydrogens is 344 g/mol. The molecule has 0 saturated heterocycles. The molecule has 22 heavy (non-hydrogen) atoms. The second kappa shape index (κ2) is 7.58. The molecule has 1 heterocycles. The van der Waals surface area contributed by atoms with Gasteiger partial charge in [-0.05, 0) is 31.0 Å². The molecule has 0 spiro atoms. The Balaban J connectivity index is 2.40. The minimum Gasteiger partial charge on any atom is -0.465 e. The zero-order valence-electron chi connectivity index (χ0n) is 13.2. The van der Waals surface area contributed by atoms with Crippen LogP contribution in [0.3, 0.4) is 0 Å². The van der Waals surface area contributed by atoms with Gasteiger partial charge in [0, 0.05) is 17.4 Å². The number of ether oxygens (including phenoxy) is 1. The largest absolute Gasteiger partial charge is 0.465 e. The Kier molecular flexibility index (Phi) is 5.77. The van der Waals surface area contributed by atoms with E-state index in [0.717, 1.165) is 40.8 Å². The molecule has 0 aliphatic carbocycles. The predicted molar refractivity (Wildman–Crippen MR) is 90.2 cm³/mol. The van der Waals surface area contributed by atoms with E-state index in [2.05, 4.69) is 40.1 Å². The summed E-state index contributed by atoms with van der Waals surface area (Å²) in [6.07, 6.45) is 2.79. The van der Waals surface area contributed by atoms with Crippen LogP contribution in [0.25, 0.3) is 0 Å². The highest BCUT2D eigenvalue weighted by atomic mass is 79.9. The van der Waals surface area contributed by atoms with E-state index in [4.69, 9.17) is 4.74 Å². The number of esters is 1. The van der Waals surface area contributed by atoms with E-state index in [0.29, 0.717) is 12.0 Å². The van der Waals surface area contributed by atoms with Crippen LogP contribution in [0.15, 0.2) is 28.7 Å². The molecule has 0 radical (unpaired) electrons. The molecule has 0 aliphatic rings. The number of hydrogen-bond acceptors (Lipinski definition) is 3. The van der Waals surface area contributed by atoms with Crippen molar-refractivity contribution in [3.8, 4) is 0 Å². The number of carbonyl (C=O) groups excluding carboxylic acids is 1. The van der Waals surface area contributed by atoms with Crippen molar-refractivity contribution in [3.05, 3.63) is 51.3 Å². The van der Waals surface area contributed by atoms with E-state index in [9.17, 15) is 4.79 Å². The third-order valence-electron chi connectivity index (χ3n) is 3.63. The standard InChI is InChI=1S/C17H21BrN2O2/c1-4-5-10-20-15(11-13-6-8-14(18)9-7-13)16(12(2)19-20)17(21)22-3/h6-9H,4-5,10-11H2,1-3H3. The highest BCUT2D eigenvalue weighted by Crippen LogP contribution is 2.21. The maximum Gasteiger partial charge on any atom is 0.341 e. The average Bonchev–Trinajstić information content (AvgIpc) is 2.82. The third-order valence-corrected chi connectivity index (χ3v) is 4.16. The van der Waals surface area contributed by atoms with Gasteiger partial charge in [0.2, 0.25) is 0 Å². The van der Waals surface area contributed by atoms with Crippen molar-refractivity contribution in [2.75, 3.05) is 7.11 Å². The fourth-order valence-electron chi connectivity index (χ4n) is 2.46. The fraction of sp³-hybridized carbons (Fsp3) is 0.412. The molecule has 0 N–H and O–H groups in total. The normalized spacial score (nSPS) is 10.7. The number of rotatable bonds is 6. The maximum absolute atomic E-state index is 12.1. The summed E-state index contributed by atoms with van der Waals surface area (Å²) in [6, 6.07) is 8.12. The summed E-state index contributed by atoms with van der Waals surface area (Å²) < 4.78 is 7.93. The molecule has 0 unspecified atom stereocenters. The van der Waals surface area contributed by atoms with Crippen LogP contribution in [0.1, 0.15) is 47.1 Å². The van der Waals surface area contributed by atoms with Gasteiger partial charge in [0.1, 0.15) is 5.56 Å². The summed E-state index contributed by atoms with van der Waals surface area (Å²) in [5.74, 6) is -0.313. The summed E-state index contributed by atoms with van der Waals surface area (Å²) in [7, 11) is 1.41. The highest BCUT2D eigenvalue weighted by molar-refractivity contribution is 9.10. The monoisotopic (exact) mass is 364 g/mol. The first-order valence-corrected chi connectivity index (χ1v) is 8.25. The summed E-state index contributed by atoms with van der Waals surface area (Å²) in [5, 5.41) is 4.54. The first-order chi connectivity index (χ1) is 10.6. The van der Waals surface area contributed by atoms with Crippen molar-refractivity contribution < 1.29 is 9.53 Å². The lowest BCUT2D eigenvalue weighted by Crippen LogP contribution is -2.10. The molecule has 4 nitrogen and oxygen atoms in total. The quantitative estimate of drug-likeness (QED) is 0.723. The molecule has 0 bridgehead atoms. The second-order valence-corrected chi connectivity index (χ2v) is 6.19. The highest BCUT2D eigenvalue weighted by Gasteiger charge is 2.22. The molecule has 2 rings (SSSR count). The zero-order chi connectivity index (χ0) is 16.1. The predicted octanol–water partition coefficient (Wildman–Crippen LogP) is 4.13. The number of aromatic nitrogens is 2. The third kappa shape index (κ3) is 3.77. The topological polar surface area (TPSA) is 44.1 Å². The molecule has 0 saturated carbocycles. The number of benzene rings is 1. The van der Waals surface area contributed by atoms with Gasteiger partial charge in [0.15, 0.2) is 0 Å². The minimum atomic E-state index is -0.313. The number of nitrogens with zero attached hydrogens (tertiary/aromatic N) is 2. The zero-order valence-corrected chi connectivity index (χ0v) is 14.8. The van der Waals surface area contributed by atoms with Crippen molar-refractivity contribution >= 4 is 21.9 Å². The summed E-state index contributed by atoms with van der Waals surface area (Å²) >= 11 is 3.44. The van der Waals surface area contributed by atoms with Crippen molar-refractivity contribution in [2.45, 2.75) is 39.7 Å². The number of carbonyl (C=O) groups is 1. The van der Waals surface area contributed by atoms with Crippen molar-refractivity contribution in [1.82, 2.24) is 9.78 Å². The van der Waals surface area contributed by atoms with E-state index < -0.39 is 0 Å². The number of unbranched alkanes of at least 4 members (excludes halogenated alkanes) is 1. The number of hydrogen-bond donors (Lipinski definition) is 0. The first kappa shape index (κ1) is 16.7. The van der Waals surface area contributed by atoms with Crippen LogP contribution in [0.4, 0.5) is 0 Å². The molecule has 0 aliphatic heterocycles. The van der Waals surface area contributed by atoms with Gasteiger partial charge in [-0.15, -0.1) is 0 Å². The van der Waals surface area contributed by atoms with Crippen molar-refractivity contribution in [2.24, 2.45) is 0 Å². The Hall–Kier alpha value is -1.62. The Morgan fingerprint density at radius 2 is 2.00 bits per heavy atom. The summed E-state index contributed by atoms with van der Waals surface area (Å²) in [5.41, 5.74) is 3.41. The van der Waals surface area contributed by atoms with Gasteiger partial charge in [-0.3, -0.25) is 4.68 Å². The molecule has 5 heteroatoms. The number of aryl methyl sites for hydroxylation is 2. The van der Waals surface area contributed by atoms with Crippen LogP contribution in [0, 0.1) is 6.92 Å². The van der Waals surface area contributed by atoms with Crippen LogP contribution in [0.5, 0.6) is 0 Å². The van der Waals surface area contributed by atoms with Gasteiger partial charge in [-0.25, -0.2) is 4.79 Å². The van der Waals surface area contributed by atoms with Gasteiger partial charge < -0.3 is 4.74 Å². The molecule has 118 valence electrons. The Morgan fingerprint density at radius 3 is 2.59 bits per heavy atom. The van der Waals surface area contributed by atoms with Gasteiger partial charge in [-0.2, -0.15) is 5.10 Å². The van der Waals surface area contributed by atoms with Crippen LogP contribution < -0.4 is 0 Å².